The van der Waals surface area contributed by atoms with E-state index in [-0.39, 0.29) is 23.0 Å². The Balaban J connectivity index is 0.000000208. The van der Waals surface area contributed by atoms with Crippen LogP contribution in [-0.2, 0) is 19.3 Å². The zero-order valence-electron chi connectivity index (χ0n) is 33.5. The number of hydrogen-bond donors (Lipinski definition) is 3. The second-order valence-corrected chi connectivity index (χ2v) is 18.6. The summed E-state index contributed by atoms with van der Waals surface area (Å²) in [5.74, 6) is 0.438. The first-order valence-electron chi connectivity index (χ1n) is 19.8. The van der Waals surface area contributed by atoms with Crippen LogP contribution in [-0.4, -0.2) is 21.5 Å². The van der Waals surface area contributed by atoms with Gasteiger partial charge in [-0.25, -0.2) is 0 Å². The Hall–Kier alpha value is -5.83. The highest BCUT2D eigenvalue weighted by Gasteiger charge is 2.44. The van der Waals surface area contributed by atoms with E-state index >= 15 is 0 Å². The molecule has 0 saturated heterocycles. The third-order valence-corrected chi connectivity index (χ3v) is 15.2. The van der Waals surface area contributed by atoms with Crippen molar-refractivity contribution in [3.63, 3.8) is 0 Å². The van der Waals surface area contributed by atoms with Crippen molar-refractivity contribution in [3.8, 4) is 23.0 Å². The van der Waals surface area contributed by atoms with Crippen LogP contribution in [0.4, 0.5) is 0 Å². The summed E-state index contributed by atoms with van der Waals surface area (Å²) in [5, 5.41) is 49.2. The van der Waals surface area contributed by atoms with E-state index in [1.54, 1.807) is 24.3 Å². The van der Waals surface area contributed by atoms with Crippen LogP contribution in [0.3, 0.4) is 0 Å². The fourth-order valence-corrected chi connectivity index (χ4v) is 12.2. The third kappa shape index (κ3) is 9.77. The van der Waals surface area contributed by atoms with Crippen molar-refractivity contribution in [2.75, 3.05) is 6.16 Å². The maximum absolute atomic E-state index is 13.2. The molecular weight excluding hydrogens is 720 g/mol. The number of rotatable bonds is 12. The quantitative estimate of drug-likeness (QED) is 0.108. The predicted octanol–water partition coefficient (Wildman–Crippen LogP) is 10.4. The first kappa shape index (κ1) is 40.8. The minimum Gasteiger partial charge on any atom is -0.872 e. The molecule has 3 N–H and O–H groups in total. The maximum atomic E-state index is 13.2. The average Bonchev–Trinajstić information content (AvgIpc) is 3.22. The molecule has 7 aromatic rings. The van der Waals surface area contributed by atoms with Crippen LogP contribution in [0, 0.1) is 20.8 Å². The summed E-state index contributed by atoms with van der Waals surface area (Å²) in [7, 11) is -1.57. The van der Waals surface area contributed by atoms with Crippen molar-refractivity contribution in [1.82, 2.24) is 0 Å². The average molecular weight is 773 g/mol. The number of hydrogen-bond acceptors (Lipinski definition) is 4. The summed E-state index contributed by atoms with van der Waals surface area (Å²) in [4.78, 5) is 0. The molecule has 290 valence electrons. The predicted molar refractivity (Wildman–Crippen MR) is 238 cm³/mol. The van der Waals surface area contributed by atoms with E-state index < -0.39 is 7.26 Å². The molecule has 0 unspecified atom stereocenters. The van der Waals surface area contributed by atoms with Gasteiger partial charge in [0, 0.05) is 19.3 Å². The number of para-hydroxylation sites is 1. The number of aromatic hydroxyl groups is 3. The molecule has 0 atom stereocenters. The van der Waals surface area contributed by atoms with E-state index in [1.807, 2.05) is 63.2 Å². The molecule has 0 bridgehead atoms. The Labute approximate surface area is 339 Å². The molecule has 0 aromatic heterocycles. The minimum absolute atomic E-state index is 0.0813. The SMILES string of the molecule is CCCC[P+](c1ccccc1)(c1ccccc1)c1ccccc1.Cc1ccc(O)c(Cc2cccc(Cc3cc(C)cc(Cc4cc(C)ccc4O)c3O)c2[O-])c1. The van der Waals surface area contributed by atoms with E-state index in [0.717, 1.165) is 22.3 Å². The summed E-state index contributed by atoms with van der Waals surface area (Å²) in [6.07, 6.45) is 4.76. The molecule has 0 aliphatic rings. The second kappa shape index (κ2) is 18.9. The summed E-state index contributed by atoms with van der Waals surface area (Å²) in [6.45, 7) is 8.16. The number of benzene rings is 7. The Morgan fingerprint density at radius 1 is 0.439 bits per heavy atom. The van der Waals surface area contributed by atoms with Crippen molar-refractivity contribution >= 4 is 23.2 Å². The highest BCUT2D eigenvalue weighted by atomic mass is 31.2. The Morgan fingerprint density at radius 2 is 0.825 bits per heavy atom. The van der Waals surface area contributed by atoms with Crippen molar-refractivity contribution in [2.24, 2.45) is 0 Å². The van der Waals surface area contributed by atoms with E-state index in [1.165, 1.54) is 34.9 Å². The van der Waals surface area contributed by atoms with Crippen LogP contribution < -0.4 is 21.0 Å². The lowest BCUT2D eigenvalue weighted by molar-refractivity contribution is -0.270. The van der Waals surface area contributed by atoms with E-state index in [0.29, 0.717) is 47.1 Å². The molecule has 0 fully saturated rings. The number of phenolic OH excluding ortho intramolecular Hbond substituents is 3. The zero-order chi connectivity index (χ0) is 40.4. The van der Waals surface area contributed by atoms with Gasteiger partial charge in [-0.3, -0.25) is 0 Å². The lowest BCUT2D eigenvalue weighted by Gasteiger charge is -2.27. The third-order valence-electron chi connectivity index (χ3n) is 10.6. The molecule has 5 heteroatoms. The number of phenols is 3. The van der Waals surface area contributed by atoms with Gasteiger partial charge < -0.3 is 20.4 Å². The van der Waals surface area contributed by atoms with Crippen molar-refractivity contribution in [2.45, 2.75) is 59.8 Å². The summed E-state index contributed by atoms with van der Waals surface area (Å²) in [5.41, 5.74) is 7.08. The molecule has 0 radical (unpaired) electrons. The van der Waals surface area contributed by atoms with Crippen molar-refractivity contribution in [1.29, 1.82) is 0 Å². The van der Waals surface area contributed by atoms with Gasteiger partial charge in [-0.15, -0.1) is 5.75 Å². The van der Waals surface area contributed by atoms with Crippen LogP contribution in [0.25, 0.3) is 0 Å². The molecule has 4 nitrogen and oxygen atoms in total. The lowest BCUT2D eigenvalue weighted by atomic mass is 9.93. The number of aryl methyl sites for hydroxylation is 3. The molecule has 0 amide bonds. The molecule has 7 rings (SSSR count). The van der Waals surface area contributed by atoms with Crippen molar-refractivity contribution < 1.29 is 20.4 Å². The highest BCUT2D eigenvalue weighted by Crippen LogP contribution is 2.55. The van der Waals surface area contributed by atoms with Gasteiger partial charge in [-0.2, -0.15) is 0 Å². The van der Waals surface area contributed by atoms with Crippen LogP contribution in [0.5, 0.6) is 23.0 Å². The standard InChI is InChI=1S/C30H30O4.C22H24P/c1-18-7-9-27(31)23(11-18)15-21-5-4-6-22(29(21)33)16-25-13-20(3)14-26(30(25)34)17-24-12-19(2)8-10-28(24)32;1-2-3-19-23(20-13-7-4-8-14-20,21-15-9-5-10-16-21)22-17-11-6-12-18-22/h4-14,31-34H,15-17H2,1-3H3;4-18H,2-3,19H2,1H3/q;+1/p-1. The zero-order valence-corrected chi connectivity index (χ0v) is 34.3. The Kier molecular flexibility index (Phi) is 13.5. The van der Waals surface area contributed by atoms with E-state index in [2.05, 4.69) is 97.9 Å². The second-order valence-electron chi connectivity index (χ2n) is 15.0. The van der Waals surface area contributed by atoms with Crippen LogP contribution in [0.2, 0.25) is 0 Å². The minimum atomic E-state index is -1.57. The largest absolute Gasteiger partial charge is 0.872 e. The van der Waals surface area contributed by atoms with Crippen LogP contribution >= 0.6 is 7.26 Å². The first-order valence-corrected chi connectivity index (χ1v) is 21.8. The molecular formula is C52H53O4P. The van der Waals surface area contributed by atoms with Crippen molar-refractivity contribution in [3.05, 3.63) is 208 Å². The van der Waals surface area contributed by atoms with Gasteiger partial charge >= 0.3 is 0 Å². The van der Waals surface area contributed by atoms with Gasteiger partial charge in [0.25, 0.3) is 0 Å². The maximum Gasteiger partial charge on any atom is 0.122 e. The van der Waals surface area contributed by atoms with Gasteiger partial charge in [0.15, 0.2) is 0 Å². The fraction of sp³-hybridized carbons (Fsp3) is 0.192. The first-order chi connectivity index (χ1) is 27.6. The molecule has 0 aliphatic heterocycles. The lowest BCUT2D eigenvalue weighted by Crippen LogP contribution is -2.33. The van der Waals surface area contributed by atoms with Gasteiger partial charge in [-0.05, 0) is 98.0 Å². The summed E-state index contributed by atoms with van der Waals surface area (Å²) < 4.78 is 0. The highest BCUT2D eigenvalue weighted by molar-refractivity contribution is 7.95. The summed E-state index contributed by atoms with van der Waals surface area (Å²) >= 11 is 0. The molecule has 57 heavy (non-hydrogen) atoms. The van der Waals surface area contributed by atoms with Gasteiger partial charge in [0.05, 0.1) is 6.16 Å². The monoisotopic (exact) mass is 772 g/mol. The Bertz CT molecular complexity index is 2290. The molecule has 0 spiro atoms. The Morgan fingerprint density at radius 3 is 1.25 bits per heavy atom. The summed E-state index contributed by atoms with van der Waals surface area (Å²) in [6, 6.07) is 53.4. The van der Waals surface area contributed by atoms with Gasteiger partial charge in [0.2, 0.25) is 0 Å². The number of unbranched alkanes of at least 4 members (excludes halogenated alkanes) is 1. The smallest absolute Gasteiger partial charge is 0.122 e. The van der Waals surface area contributed by atoms with E-state index in [4.69, 9.17) is 0 Å². The van der Waals surface area contributed by atoms with Gasteiger partial charge in [0.1, 0.15) is 40.4 Å². The van der Waals surface area contributed by atoms with E-state index in [9.17, 15) is 20.4 Å². The molecule has 0 aliphatic carbocycles. The normalized spacial score (nSPS) is 11.2. The topological polar surface area (TPSA) is 83.8 Å². The molecule has 7 aromatic carbocycles. The molecule has 0 saturated carbocycles. The molecule has 0 heterocycles. The van der Waals surface area contributed by atoms with Crippen LogP contribution in [0.15, 0.2) is 158 Å². The fourth-order valence-electron chi connectivity index (χ4n) is 7.72. The van der Waals surface area contributed by atoms with Crippen LogP contribution in [0.1, 0.15) is 69.8 Å². The van der Waals surface area contributed by atoms with Gasteiger partial charge in [-0.1, -0.05) is 150 Å².